The van der Waals surface area contributed by atoms with E-state index in [0.29, 0.717) is 31.0 Å². The summed E-state index contributed by atoms with van der Waals surface area (Å²) >= 11 is 0. The van der Waals surface area contributed by atoms with Crippen molar-refractivity contribution in [2.24, 2.45) is 0 Å². The summed E-state index contributed by atoms with van der Waals surface area (Å²) in [5.41, 5.74) is 1.84. The van der Waals surface area contributed by atoms with Crippen LogP contribution in [0.15, 0.2) is 22.7 Å². The number of hydrogen-bond acceptors (Lipinski definition) is 6. The number of fused-ring (bicyclic) bond motifs is 1. The number of nitrogens with one attached hydrogen (secondary N) is 1. The molecule has 0 saturated carbocycles. The first-order chi connectivity index (χ1) is 11.2. The highest BCUT2D eigenvalue weighted by Gasteiger charge is 2.21. The predicted molar refractivity (Wildman–Crippen MR) is 94.7 cm³/mol. The van der Waals surface area contributed by atoms with E-state index in [1.54, 1.807) is 0 Å². The van der Waals surface area contributed by atoms with Gasteiger partial charge in [0.05, 0.1) is 12.2 Å². The summed E-state index contributed by atoms with van der Waals surface area (Å²) in [5.74, 6) is 2.73. The second-order valence-corrected chi connectivity index (χ2v) is 5.48. The van der Waals surface area contributed by atoms with Crippen molar-refractivity contribution in [3.05, 3.63) is 35.5 Å². The van der Waals surface area contributed by atoms with Gasteiger partial charge in [0.15, 0.2) is 17.3 Å². The standard InChI is InChI=1S/C17H21N3O3.ClH/c1-4-21-14-7-5-6-12-9-13(10-22-16(12)14)17-19-15(20-23-17)8-11(2)18-3;/h5-7,9,11,18H,4,8,10H2,1-3H3;1H. The molecule has 0 fully saturated rings. The van der Waals surface area contributed by atoms with Crippen LogP contribution in [0.4, 0.5) is 0 Å². The van der Waals surface area contributed by atoms with E-state index in [1.807, 2.05) is 38.2 Å². The minimum atomic E-state index is 0. The average Bonchev–Trinajstić information content (AvgIpc) is 3.03. The van der Waals surface area contributed by atoms with Crippen molar-refractivity contribution in [1.29, 1.82) is 0 Å². The fourth-order valence-electron chi connectivity index (χ4n) is 2.42. The Balaban J connectivity index is 0.00000208. The van der Waals surface area contributed by atoms with Gasteiger partial charge in [-0.05, 0) is 33.0 Å². The van der Waals surface area contributed by atoms with E-state index >= 15 is 0 Å². The smallest absolute Gasteiger partial charge is 0.257 e. The van der Waals surface area contributed by atoms with E-state index < -0.39 is 0 Å². The molecule has 1 atom stereocenters. The maximum absolute atomic E-state index is 5.85. The Morgan fingerprint density at radius 1 is 1.38 bits per heavy atom. The molecule has 2 heterocycles. The van der Waals surface area contributed by atoms with Crippen LogP contribution in [0.5, 0.6) is 11.5 Å². The molecule has 0 saturated heterocycles. The molecule has 0 radical (unpaired) electrons. The molecule has 0 amide bonds. The zero-order valence-electron chi connectivity index (χ0n) is 14.0. The van der Waals surface area contributed by atoms with Crippen LogP contribution >= 0.6 is 12.4 Å². The number of rotatable bonds is 6. The van der Waals surface area contributed by atoms with Gasteiger partial charge in [-0.2, -0.15) is 4.98 Å². The molecule has 1 aromatic carbocycles. The van der Waals surface area contributed by atoms with Gasteiger partial charge < -0.3 is 19.3 Å². The van der Waals surface area contributed by atoms with Crippen molar-refractivity contribution >= 4 is 24.1 Å². The monoisotopic (exact) mass is 351 g/mol. The maximum atomic E-state index is 5.85. The summed E-state index contributed by atoms with van der Waals surface area (Å²) in [6, 6.07) is 6.13. The van der Waals surface area contributed by atoms with Crippen molar-refractivity contribution in [3.8, 4) is 11.5 Å². The number of benzene rings is 1. The lowest BCUT2D eigenvalue weighted by Crippen LogP contribution is -2.24. The molecule has 0 aliphatic carbocycles. The van der Waals surface area contributed by atoms with Gasteiger partial charge in [0.2, 0.25) is 0 Å². The van der Waals surface area contributed by atoms with Gasteiger partial charge in [-0.1, -0.05) is 17.3 Å². The fourth-order valence-corrected chi connectivity index (χ4v) is 2.42. The lowest BCUT2D eigenvalue weighted by molar-refractivity contribution is 0.294. The van der Waals surface area contributed by atoms with Crippen LogP contribution < -0.4 is 14.8 Å². The normalized spacial score (nSPS) is 14.0. The quantitative estimate of drug-likeness (QED) is 0.862. The Morgan fingerprint density at radius 3 is 2.96 bits per heavy atom. The number of aromatic nitrogens is 2. The van der Waals surface area contributed by atoms with Crippen molar-refractivity contribution in [2.45, 2.75) is 26.3 Å². The van der Waals surface area contributed by atoms with E-state index in [2.05, 4.69) is 22.4 Å². The number of nitrogens with zero attached hydrogens (tertiary/aromatic N) is 2. The highest BCUT2D eigenvalue weighted by Crippen LogP contribution is 2.37. The number of halogens is 1. The van der Waals surface area contributed by atoms with Crippen LogP contribution in [0, 0.1) is 0 Å². The van der Waals surface area contributed by atoms with Gasteiger partial charge >= 0.3 is 0 Å². The molecule has 0 spiro atoms. The van der Waals surface area contributed by atoms with Crippen LogP contribution in [-0.2, 0) is 6.42 Å². The zero-order valence-corrected chi connectivity index (χ0v) is 14.9. The van der Waals surface area contributed by atoms with Crippen LogP contribution in [0.1, 0.15) is 31.1 Å². The third-order valence-electron chi connectivity index (χ3n) is 3.74. The lowest BCUT2D eigenvalue weighted by atomic mass is 10.1. The van der Waals surface area contributed by atoms with Gasteiger partial charge in [-0.15, -0.1) is 12.4 Å². The first-order valence-electron chi connectivity index (χ1n) is 7.80. The third kappa shape index (κ3) is 3.88. The summed E-state index contributed by atoms with van der Waals surface area (Å²) in [6.45, 7) is 5.02. The molecule has 1 aliphatic rings. The highest BCUT2D eigenvalue weighted by atomic mass is 35.5. The SMILES string of the molecule is CCOc1cccc2c1OCC(c1nc(CC(C)NC)no1)=C2.Cl. The van der Waals surface area contributed by atoms with Crippen LogP contribution in [0.25, 0.3) is 11.6 Å². The van der Waals surface area contributed by atoms with E-state index in [9.17, 15) is 0 Å². The van der Waals surface area contributed by atoms with Gasteiger partial charge in [-0.25, -0.2) is 0 Å². The Morgan fingerprint density at radius 2 is 2.21 bits per heavy atom. The zero-order chi connectivity index (χ0) is 16.2. The molecule has 3 rings (SSSR count). The van der Waals surface area contributed by atoms with E-state index in [1.165, 1.54) is 0 Å². The predicted octanol–water partition coefficient (Wildman–Crippen LogP) is 2.97. The molecule has 7 heteroatoms. The summed E-state index contributed by atoms with van der Waals surface area (Å²) in [4.78, 5) is 4.46. The highest BCUT2D eigenvalue weighted by molar-refractivity contribution is 5.85. The summed E-state index contributed by atoms with van der Waals surface area (Å²) in [5, 5.41) is 7.19. The second-order valence-electron chi connectivity index (χ2n) is 5.48. The summed E-state index contributed by atoms with van der Waals surface area (Å²) in [7, 11) is 1.91. The van der Waals surface area contributed by atoms with Crippen molar-refractivity contribution in [1.82, 2.24) is 15.5 Å². The average molecular weight is 352 g/mol. The first-order valence-corrected chi connectivity index (χ1v) is 7.80. The molecule has 0 bridgehead atoms. The Labute approximate surface area is 147 Å². The van der Waals surface area contributed by atoms with Crippen LogP contribution in [0.2, 0.25) is 0 Å². The minimum absolute atomic E-state index is 0. The molecule has 6 nitrogen and oxygen atoms in total. The van der Waals surface area contributed by atoms with E-state index in [0.717, 1.165) is 29.1 Å². The van der Waals surface area contributed by atoms with Crippen molar-refractivity contribution in [2.75, 3.05) is 20.3 Å². The summed E-state index contributed by atoms with van der Waals surface area (Å²) < 4.78 is 16.8. The Hall–Kier alpha value is -2.05. The van der Waals surface area contributed by atoms with Gasteiger partial charge in [0.25, 0.3) is 5.89 Å². The molecular weight excluding hydrogens is 330 g/mol. The second kappa shape index (κ2) is 8.17. The molecule has 1 unspecified atom stereocenters. The molecule has 1 N–H and O–H groups in total. The molecule has 1 aliphatic heterocycles. The number of ether oxygens (including phenoxy) is 2. The third-order valence-corrected chi connectivity index (χ3v) is 3.74. The maximum Gasteiger partial charge on any atom is 0.257 e. The molecule has 130 valence electrons. The topological polar surface area (TPSA) is 69.4 Å². The van der Waals surface area contributed by atoms with E-state index in [-0.39, 0.29) is 12.4 Å². The summed E-state index contributed by atoms with van der Waals surface area (Å²) in [6.07, 6.45) is 2.74. The molecule has 24 heavy (non-hydrogen) atoms. The van der Waals surface area contributed by atoms with Crippen LogP contribution in [-0.4, -0.2) is 36.4 Å². The number of hydrogen-bond donors (Lipinski definition) is 1. The Kier molecular flexibility index (Phi) is 6.23. The van der Waals surface area contributed by atoms with Crippen LogP contribution in [0.3, 0.4) is 0 Å². The first kappa shape index (κ1) is 18.3. The Bertz CT molecular complexity index is 715. The molecule has 1 aromatic heterocycles. The number of likely N-dealkylation sites (N-methyl/N-ethyl adjacent to an activating group) is 1. The molecular formula is C17H22ClN3O3. The van der Waals surface area contributed by atoms with E-state index in [4.69, 9.17) is 14.0 Å². The lowest BCUT2D eigenvalue weighted by Gasteiger charge is -2.18. The fraction of sp³-hybridized carbons (Fsp3) is 0.412. The van der Waals surface area contributed by atoms with Crippen molar-refractivity contribution in [3.63, 3.8) is 0 Å². The van der Waals surface area contributed by atoms with Gasteiger partial charge in [-0.3, -0.25) is 0 Å². The largest absolute Gasteiger partial charge is 0.490 e. The van der Waals surface area contributed by atoms with Gasteiger partial charge in [0, 0.05) is 18.0 Å². The van der Waals surface area contributed by atoms with Crippen molar-refractivity contribution < 1.29 is 14.0 Å². The number of para-hydroxylation sites is 1. The van der Waals surface area contributed by atoms with Gasteiger partial charge in [0.1, 0.15) is 6.61 Å². The minimum Gasteiger partial charge on any atom is -0.490 e. The molecule has 2 aromatic rings.